The van der Waals surface area contributed by atoms with Gasteiger partial charge in [-0.25, -0.2) is 4.98 Å². The summed E-state index contributed by atoms with van der Waals surface area (Å²) in [6.45, 7) is 13.5. The minimum Gasteiger partial charge on any atom is -0.386 e. The second-order valence-corrected chi connectivity index (χ2v) is 12.5. The zero-order valence-electron chi connectivity index (χ0n) is 23.5. The van der Waals surface area contributed by atoms with Crippen LogP contribution < -0.4 is 10.2 Å². The highest BCUT2D eigenvalue weighted by Crippen LogP contribution is 2.32. The quantitative estimate of drug-likeness (QED) is 0.468. The highest BCUT2D eigenvalue weighted by molar-refractivity contribution is 6.33. The van der Waals surface area contributed by atoms with Gasteiger partial charge in [-0.2, -0.15) is 0 Å². The Morgan fingerprint density at radius 2 is 1.90 bits per heavy atom. The summed E-state index contributed by atoms with van der Waals surface area (Å²) < 4.78 is 0. The third kappa shape index (κ3) is 6.71. The minimum absolute atomic E-state index is 0.497. The maximum absolute atomic E-state index is 10.7. The molecule has 3 aliphatic rings. The van der Waals surface area contributed by atoms with Gasteiger partial charge in [-0.05, 0) is 75.5 Å². The van der Waals surface area contributed by atoms with Crippen LogP contribution in [0.15, 0.2) is 35.5 Å². The number of aliphatic imine (C=N–C) groups is 1. The maximum Gasteiger partial charge on any atom is 0.147 e. The average Bonchev–Trinajstić information content (AvgIpc) is 3.45. The van der Waals surface area contributed by atoms with Crippen molar-refractivity contribution in [2.45, 2.75) is 70.7 Å². The van der Waals surface area contributed by atoms with Crippen molar-refractivity contribution >= 4 is 34.9 Å². The third-order valence-electron chi connectivity index (χ3n) is 8.37. The Bertz CT molecular complexity index is 1170. The van der Waals surface area contributed by atoms with Gasteiger partial charge in [0.15, 0.2) is 0 Å². The molecule has 4 heterocycles. The van der Waals surface area contributed by atoms with E-state index in [0.29, 0.717) is 22.1 Å². The van der Waals surface area contributed by atoms with Crippen LogP contribution in [-0.4, -0.2) is 83.6 Å². The molecule has 2 N–H and O–H groups in total. The zero-order chi connectivity index (χ0) is 27.6. The SMILES string of the molecule is CCC[C@H]1CN(c2ncc(C3=NCCN3)cc2Cl)CCN1C1CCN(Cc2ccc(Cl)cc2C(C)(C)O)CC1. The van der Waals surface area contributed by atoms with Crippen LogP contribution in [0.5, 0.6) is 0 Å². The number of likely N-dealkylation sites (tertiary alicyclic amines) is 1. The van der Waals surface area contributed by atoms with Crippen LogP contribution in [0.25, 0.3) is 0 Å². The molecule has 0 unspecified atom stereocenters. The lowest BCUT2D eigenvalue weighted by Crippen LogP contribution is -2.58. The first-order valence-corrected chi connectivity index (χ1v) is 15.2. The number of hydrogen-bond donors (Lipinski definition) is 2. The van der Waals surface area contributed by atoms with Crippen molar-refractivity contribution in [3.8, 4) is 0 Å². The van der Waals surface area contributed by atoms with E-state index >= 15 is 0 Å². The molecule has 212 valence electrons. The summed E-state index contributed by atoms with van der Waals surface area (Å²) in [4.78, 5) is 16.9. The van der Waals surface area contributed by atoms with Gasteiger partial charge in [0, 0.05) is 61.6 Å². The molecule has 1 aromatic carbocycles. The average molecular weight is 574 g/mol. The Kier molecular flexibility index (Phi) is 9.04. The highest BCUT2D eigenvalue weighted by atomic mass is 35.5. The van der Waals surface area contributed by atoms with E-state index in [2.05, 4.69) is 38.0 Å². The summed E-state index contributed by atoms with van der Waals surface area (Å²) in [6, 6.07) is 9.01. The molecule has 0 bridgehead atoms. The van der Waals surface area contributed by atoms with E-state index in [1.54, 1.807) is 0 Å². The van der Waals surface area contributed by atoms with Gasteiger partial charge in [-0.1, -0.05) is 42.6 Å². The van der Waals surface area contributed by atoms with Crippen LogP contribution in [0.2, 0.25) is 10.0 Å². The fourth-order valence-corrected chi connectivity index (χ4v) is 6.88. The van der Waals surface area contributed by atoms with Crippen molar-refractivity contribution in [2.24, 2.45) is 4.99 Å². The molecule has 2 aromatic rings. The van der Waals surface area contributed by atoms with Crippen LogP contribution in [0, 0.1) is 0 Å². The lowest BCUT2D eigenvalue weighted by Gasteiger charge is -2.48. The number of nitrogens with one attached hydrogen (secondary N) is 1. The number of rotatable bonds is 8. The van der Waals surface area contributed by atoms with Crippen molar-refractivity contribution in [3.05, 3.63) is 57.2 Å². The first-order chi connectivity index (χ1) is 18.7. The van der Waals surface area contributed by atoms with Gasteiger partial charge in [0.05, 0.1) is 17.2 Å². The molecule has 0 spiro atoms. The molecule has 9 heteroatoms. The lowest BCUT2D eigenvalue weighted by molar-refractivity contribution is 0.0566. The highest BCUT2D eigenvalue weighted by Gasteiger charge is 2.34. The molecule has 3 aliphatic heterocycles. The molecule has 0 amide bonds. The van der Waals surface area contributed by atoms with E-state index in [1.165, 1.54) is 6.42 Å². The smallest absolute Gasteiger partial charge is 0.147 e. The van der Waals surface area contributed by atoms with Crippen LogP contribution in [-0.2, 0) is 12.1 Å². The second kappa shape index (κ2) is 12.3. The summed E-state index contributed by atoms with van der Waals surface area (Å²) in [5.74, 6) is 1.78. The molecule has 0 aliphatic carbocycles. The van der Waals surface area contributed by atoms with Gasteiger partial charge >= 0.3 is 0 Å². The number of pyridine rings is 1. The Labute approximate surface area is 243 Å². The van der Waals surface area contributed by atoms with Crippen molar-refractivity contribution in [1.29, 1.82) is 0 Å². The number of aliphatic hydroxyl groups is 1. The van der Waals surface area contributed by atoms with Crippen molar-refractivity contribution in [3.63, 3.8) is 0 Å². The molecule has 2 fully saturated rings. The normalized spacial score (nSPS) is 21.7. The number of piperazine rings is 1. The number of piperidine rings is 1. The number of aromatic nitrogens is 1. The van der Waals surface area contributed by atoms with Crippen LogP contribution in [0.1, 0.15) is 63.1 Å². The fourth-order valence-electron chi connectivity index (χ4n) is 6.42. The van der Waals surface area contributed by atoms with Crippen molar-refractivity contribution in [1.82, 2.24) is 20.1 Å². The van der Waals surface area contributed by atoms with Gasteiger partial charge in [0.2, 0.25) is 0 Å². The number of halogens is 2. The monoisotopic (exact) mass is 572 g/mol. The molecule has 1 aromatic heterocycles. The molecule has 0 radical (unpaired) electrons. The van der Waals surface area contributed by atoms with Gasteiger partial charge < -0.3 is 15.3 Å². The van der Waals surface area contributed by atoms with E-state index in [4.69, 9.17) is 28.2 Å². The molecular weight excluding hydrogens is 531 g/mol. The number of hydrogen-bond acceptors (Lipinski definition) is 7. The molecule has 0 saturated carbocycles. The van der Waals surface area contributed by atoms with Crippen LogP contribution in [0.4, 0.5) is 5.82 Å². The predicted octanol–water partition coefficient (Wildman–Crippen LogP) is 4.92. The van der Waals surface area contributed by atoms with Crippen molar-refractivity contribution < 1.29 is 5.11 Å². The number of benzene rings is 1. The number of anilines is 1. The molecular formula is C30H42Cl2N6O. The molecule has 7 nitrogen and oxygen atoms in total. The largest absolute Gasteiger partial charge is 0.386 e. The molecule has 2 saturated heterocycles. The van der Waals surface area contributed by atoms with E-state index in [-0.39, 0.29) is 0 Å². The topological polar surface area (TPSA) is 67.2 Å². The van der Waals surface area contributed by atoms with Gasteiger partial charge in [-0.15, -0.1) is 0 Å². The number of nitrogens with zero attached hydrogens (tertiary/aromatic N) is 5. The molecule has 1 atom stereocenters. The standard InChI is InChI=1S/C30H42Cl2N6O/c1-4-5-25-20-37(29-27(32)16-22(18-35-29)28-33-10-11-34-28)14-15-38(25)24-8-12-36(13-9-24)19-21-6-7-23(31)17-26(21)30(2,3)39/h6-7,16-18,24-25,39H,4-5,8-15,19-20H2,1-3H3,(H,33,34)/t25-/m0/s1. The molecule has 39 heavy (non-hydrogen) atoms. The first-order valence-electron chi connectivity index (χ1n) is 14.4. The summed E-state index contributed by atoms with van der Waals surface area (Å²) in [7, 11) is 0. The number of amidine groups is 1. The van der Waals surface area contributed by atoms with Crippen LogP contribution >= 0.6 is 23.2 Å². The summed E-state index contributed by atoms with van der Waals surface area (Å²) in [5, 5.41) is 15.4. The molecule has 5 rings (SSSR count). The second-order valence-electron chi connectivity index (χ2n) is 11.7. The predicted molar refractivity (Wildman–Crippen MR) is 161 cm³/mol. The van der Waals surface area contributed by atoms with E-state index in [0.717, 1.165) is 100.0 Å². The zero-order valence-corrected chi connectivity index (χ0v) is 25.0. The summed E-state index contributed by atoms with van der Waals surface area (Å²) in [6.07, 6.45) is 6.56. The first kappa shape index (κ1) is 28.6. The summed E-state index contributed by atoms with van der Waals surface area (Å²) in [5.41, 5.74) is 2.13. The Morgan fingerprint density at radius 3 is 2.56 bits per heavy atom. The fraction of sp³-hybridized carbons (Fsp3) is 0.600. The van der Waals surface area contributed by atoms with E-state index in [1.807, 2.05) is 38.2 Å². The Hall–Kier alpha value is -1.90. The van der Waals surface area contributed by atoms with Crippen molar-refractivity contribution in [2.75, 3.05) is 50.7 Å². The van der Waals surface area contributed by atoms with Crippen LogP contribution in [0.3, 0.4) is 0 Å². The van der Waals surface area contributed by atoms with Gasteiger partial charge in [0.1, 0.15) is 11.7 Å². The summed E-state index contributed by atoms with van der Waals surface area (Å²) >= 11 is 13.0. The van der Waals surface area contributed by atoms with E-state index < -0.39 is 5.60 Å². The Morgan fingerprint density at radius 1 is 1.10 bits per heavy atom. The lowest BCUT2D eigenvalue weighted by atomic mass is 9.92. The minimum atomic E-state index is -0.911. The van der Waals surface area contributed by atoms with Gasteiger partial charge in [0.25, 0.3) is 0 Å². The van der Waals surface area contributed by atoms with E-state index in [9.17, 15) is 5.11 Å². The Balaban J connectivity index is 1.21. The maximum atomic E-state index is 10.7. The third-order valence-corrected chi connectivity index (χ3v) is 8.88. The van der Waals surface area contributed by atoms with Gasteiger partial charge in [-0.3, -0.25) is 14.8 Å².